The molecule has 0 aliphatic heterocycles. The van der Waals surface area contributed by atoms with Gasteiger partial charge >= 0.3 is 0 Å². The lowest BCUT2D eigenvalue weighted by Gasteiger charge is -2.18. The van der Waals surface area contributed by atoms with Crippen LogP contribution in [-0.2, 0) is 6.42 Å². The van der Waals surface area contributed by atoms with Crippen LogP contribution in [0.25, 0.3) is 0 Å². The molecule has 18 heavy (non-hydrogen) atoms. The lowest BCUT2D eigenvalue weighted by Crippen LogP contribution is -2.21. The molecule has 94 valence electrons. The summed E-state index contributed by atoms with van der Waals surface area (Å²) < 4.78 is 1.27. The minimum atomic E-state index is 0.493. The first-order valence-corrected chi connectivity index (χ1v) is 7.42. The third-order valence-electron chi connectivity index (χ3n) is 3.03. The van der Waals surface area contributed by atoms with Crippen molar-refractivity contribution in [2.24, 2.45) is 0 Å². The summed E-state index contributed by atoms with van der Waals surface area (Å²) in [6.07, 6.45) is 2.20. The van der Waals surface area contributed by atoms with E-state index in [2.05, 4.69) is 89.4 Å². The summed E-state index contributed by atoms with van der Waals surface area (Å²) in [6, 6.07) is 19.7. The van der Waals surface area contributed by atoms with Crippen LogP contribution < -0.4 is 5.32 Å². The zero-order valence-electron chi connectivity index (χ0n) is 10.6. The molecule has 0 aromatic heterocycles. The van der Waals surface area contributed by atoms with E-state index in [1.165, 1.54) is 14.8 Å². The second-order valence-electron chi connectivity index (χ2n) is 4.45. The molecule has 1 unspecified atom stereocenters. The van der Waals surface area contributed by atoms with E-state index in [1.807, 2.05) is 0 Å². The zero-order chi connectivity index (χ0) is 12.8. The third kappa shape index (κ3) is 4.02. The molecule has 0 bridgehead atoms. The molecule has 0 aliphatic rings. The van der Waals surface area contributed by atoms with Crippen LogP contribution in [0, 0.1) is 3.57 Å². The summed E-state index contributed by atoms with van der Waals surface area (Å²) in [4.78, 5) is 0. The lowest BCUT2D eigenvalue weighted by molar-refractivity contribution is 0.690. The molecule has 1 N–H and O–H groups in total. The van der Waals surface area contributed by atoms with Gasteiger partial charge in [0.2, 0.25) is 0 Å². The fourth-order valence-electron chi connectivity index (χ4n) is 1.98. The predicted octanol–water partition coefficient (Wildman–Crippen LogP) is 4.72. The van der Waals surface area contributed by atoms with Crippen LogP contribution in [0.1, 0.15) is 18.9 Å². The Balaban J connectivity index is 1.99. The maximum Gasteiger partial charge on any atom is 0.0343 e. The highest BCUT2D eigenvalue weighted by molar-refractivity contribution is 14.1. The monoisotopic (exact) mass is 351 g/mol. The average molecular weight is 351 g/mol. The van der Waals surface area contributed by atoms with Gasteiger partial charge in [-0.3, -0.25) is 0 Å². The standard InChI is InChI=1S/C16H18IN/c1-2-15(12-13-6-4-3-5-7-13)18-16-10-8-14(17)9-11-16/h3-11,15,18H,2,12H2,1H3. The molecule has 1 nitrogen and oxygen atoms in total. The van der Waals surface area contributed by atoms with Gasteiger partial charge in [0.1, 0.15) is 0 Å². The molecule has 0 aliphatic carbocycles. The molecule has 2 aromatic rings. The Morgan fingerprint density at radius 3 is 2.28 bits per heavy atom. The van der Waals surface area contributed by atoms with Gasteiger partial charge in [0.15, 0.2) is 0 Å². The molecule has 0 heterocycles. The van der Waals surface area contributed by atoms with E-state index < -0.39 is 0 Å². The number of benzene rings is 2. The summed E-state index contributed by atoms with van der Waals surface area (Å²) in [5.74, 6) is 0. The van der Waals surface area contributed by atoms with Gasteiger partial charge in [0.25, 0.3) is 0 Å². The van der Waals surface area contributed by atoms with Gasteiger partial charge < -0.3 is 5.32 Å². The molecule has 0 fully saturated rings. The Labute approximate surface area is 123 Å². The van der Waals surface area contributed by atoms with E-state index in [-0.39, 0.29) is 0 Å². The van der Waals surface area contributed by atoms with Crippen molar-refractivity contribution in [2.75, 3.05) is 5.32 Å². The van der Waals surface area contributed by atoms with Gasteiger partial charge in [-0.1, -0.05) is 37.3 Å². The van der Waals surface area contributed by atoms with E-state index in [0.29, 0.717) is 6.04 Å². The molecule has 2 heteroatoms. The van der Waals surface area contributed by atoms with Gasteiger partial charge in [-0.2, -0.15) is 0 Å². The highest BCUT2D eigenvalue weighted by atomic mass is 127. The van der Waals surface area contributed by atoms with Gasteiger partial charge in [-0.15, -0.1) is 0 Å². The predicted molar refractivity (Wildman–Crippen MR) is 87.0 cm³/mol. The van der Waals surface area contributed by atoms with E-state index >= 15 is 0 Å². The van der Waals surface area contributed by atoms with Crippen LogP contribution in [0.3, 0.4) is 0 Å². The smallest absolute Gasteiger partial charge is 0.0343 e. The van der Waals surface area contributed by atoms with Crippen molar-refractivity contribution >= 4 is 28.3 Å². The van der Waals surface area contributed by atoms with Crippen LogP contribution in [-0.4, -0.2) is 6.04 Å². The molecule has 0 spiro atoms. The van der Waals surface area contributed by atoms with Crippen molar-refractivity contribution < 1.29 is 0 Å². The first-order chi connectivity index (χ1) is 8.78. The normalized spacial score (nSPS) is 12.1. The lowest BCUT2D eigenvalue weighted by atomic mass is 10.0. The first kappa shape index (κ1) is 13.4. The molecule has 1 atom stereocenters. The Hall–Kier alpha value is -1.03. The number of hydrogen-bond acceptors (Lipinski definition) is 1. The molecule has 0 saturated carbocycles. The molecular weight excluding hydrogens is 333 g/mol. The maximum atomic E-state index is 3.60. The molecule has 0 amide bonds. The Morgan fingerprint density at radius 1 is 1.00 bits per heavy atom. The fraction of sp³-hybridized carbons (Fsp3) is 0.250. The Morgan fingerprint density at radius 2 is 1.67 bits per heavy atom. The minimum absolute atomic E-state index is 0.493. The summed E-state index contributed by atoms with van der Waals surface area (Å²) in [5.41, 5.74) is 2.60. The van der Waals surface area contributed by atoms with Gasteiger partial charge in [0, 0.05) is 15.3 Å². The summed E-state index contributed by atoms with van der Waals surface area (Å²) in [7, 11) is 0. The average Bonchev–Trinajstić information content (AvgIpc) is 2.41. The van der Waals surface area contributed by atoms with Crippen molar-refractivity contribution in [2.45, 2.75) is 25.8 Å². The van der Waals surface area contributed by atoms with E-state index in [0.717, 1.165) is 12.8 Å². The molecule has 0 saturated heterocycles. The number of anilines is 1. The number of hydrogen-bond donors (Lipinski definition) is 1. The quantitative estimate of drug-likeness (QED) is 0.769. The van der Waals surface area contributed by atoms with Crippen LogP contribution in [0.4, 0.5) is 5.69 Å². The van der Waals surface area contributed by atoms with Crippen molar-refractivity contribution in [1.29, 1.82) is 0 Å². The van der Waals surface area contributed by atoms with Crippen molar-refractivity contribution in [1.82, 2.24) is 0 Å². The van der Waals surface area contributed by atoms with Crippen LogP contribution in [0.15, 0.2) is 54.6 Å². The van der Waals surface area contributed by atoms with E-state index in [1.54, 1.807) is 0 Å². The number of halogens is 1. The van der Waals surface area contributed by atoms with Gasteiger partial charge in [0.05, 0.1) is 0 Å². The Kier molecular flexibility index (Phi) is 5.05. The van der Waals surface area contributed by atoms with E-state index in [4.69, 9.17) is 0 Å². The highest BCUT2D eigenvalue weighted by Crippen LogP contribution is 2.15. The second kappa shape index (κ2) is 6.78. The van der Waals surface area contributed by atoms with Crippen LogP contribution in [0.2, 0.25) is 0 Å². The fourth-order valence-corrected chi connectivity index (χ4v) is 2.34. The highest BCUT2D eigenvalue weighted by Gasteiger charge is 2.06. The zero-order valence-corrected chi connectivity index (χ0v) is 12.7. The Bertz CT molecular complexity index is 464. The van der Waals surface area contributed by atoms with Crippen LogP contribution >= 0.6 is 22.6 Å². The van der Waals surface area contributed by atoms with Crippen molar-refractivity contribution in [3.8, 4) is 0 Å². The van der Waals surface area contributed by atoms with E-state index in [9.17, 15) is 0 Å². The summed E-state index contributed by atoms with van der Waals surface area (Å²) >= 11 is 2.33. The molecule has 0 radical (unpaired) electrons. The largest absolute Gasteiger partial charge is 0.382 e. The van der Waals surface area contributed by atoms with Crippen molar-refractivity contribution in [3.63, 3.8) is 0 Å². The third-order valence-corrected chi connectivity index (χ3v) is 3.75. The topological polar surface area (TPSA) is 12.0 Å². The molecule has 2 rings (SSSR count). The van der Waals surface area contributed by atoms with Crippen LogP contribution in [0.5, 0.6) is 0 Å². The van der Waals surface area contributed by atoms with Gasteiger partial charge in [-0.25, -0.2) is 0 Å². The summed E-state index contributed by atoms with van der Waals surface area (Å²) in [6.45, 7) is 2.23. The summed E-state index contributed by atoms with van der Waals surface area (Å²) in [5, 5.41) is 3.60. The van der Waals surface area contributed by atoms with Gasteiger partial charge in [-0.05, 0) is 65.3 Å². The molecular formula is C16H18IN. The second-order valence-corrected chi connectivity index (χ2v) is 5.69. The number of nitrogens with one attached hydrogen (secondary N) is 1. The maximum absolute atomic E-state index is 3.60. The number of rotatable bonds is 5. The first-order valence-electron chi connectivity index (χ1n) is 6.34. The minimum Gasteiger partial charge on any atom is -0.382 e. The SMILES string of the molecule is CCC(Cc1ccccc1)Nc1ccc(I)cc1. The molecule has 2 aromatic carbocycles. The van der Waals surface area contributed by atoms with Crippen molar-refractivity contribution in [3.05, 3.63) is 63.7 Å².